The lowest BCUT2D eigenvalue weighted by molar-refractivity contribution is -0.158. The molecule has 2 aliphatic carbocycles. The maximum Gasteiger partial charge on any atom is 0.333 e. The van der Waals surface area contributed by atoms with E-state index in [0.29, 0.717) is 17.9 Å². The Morgan fingerprint density at radius 3 is 2.71 bits per heavy atom. The third-order valence-corrected chi connectivity index (χ3v) is 6.75. The van der Waals surface area contributed by atoms with Crippen LogP contribution in [-0.2, 0) is 19.1 Å². The standard InChI is InChI=1S/C20H28O4/c1-6-11(2)18(21)23-16-8-7-12(3)20(5)10-14-13(4)19(22)24-17(14)9-15(16)20/h6,12-13,15-16H,7-10H2,1-5H3/t12-,13-,15-,16+,20+/m0/s1. The van der Waals surface area contributed by atoms with Crippen LogP contribution >= 0.6 is 0 Å². The van der Waals surface area contributed by atoms with Crippen LogP contribution in [0.4, 0.5) is 0 Å². The van der Waals surface area contributed by atoms with E-state index in [1.165, 1.54) is 5.57 Å². The number of hydrogen-bond acceptors (Lipinski definition) is 4. The van der Waals surface area contributed by atoms with Gasteiger partial charge in [0.15, 0.2) is 0 Å². The number of ether oxygens (including phenoxy) is 2. The summed E-state index contributed by atoms with van der Waals surface area (Å²) in [6.45, 7) is 10.2. The molecule has 0 aromatic rings. The number of carbonyl (C=O) groups excluding carboxylic acids is 2. The Balaban J connectivity index is 1.88. The maximum absolute atomic E-state index is 12.2. The molecule has 0 bridgehead atoms. The monoisotopic (exact) mass is 332 g/mol. The SMILES string of the molecule is CC=C(C)C(=O)O[C@@H]1CC[C@H](C)[C@@]2(C)CC3=C(C[C@@H]12)OC(=O)[C@H]3C. The number of rotatable bonds is 2. The van der Waals surface area contributed by atoms with Crippen LogP contribution in [0.2, 0.25) is 0 Å². The van der Waals surface area contributed by atoms with Crippen molar-refractivity contribution in [3.05, 3.63) is 23.0 Å². The van der Waals surface area contributed by atoms with Crippen LogP contribution < -0.4 is 0 Å². The van der Waals surface area contributed by atoms with E-state index in [0.717, 1.165) is 25.0 Å². The molecule has 0 N–H and O–H groups in total. The molecule has 3 rings (SSSR count). The van der Waals surface area contributed by atoms with Crippen molar-refractivity contribution in [2.24, 2.45) is 23.2 Å². The Labute approximate surface area is 144 Å². The van der Waals surface area contributed by atoms with Gasteiger partial charge < -0.3 is 9.47 Å². The number of fused-ring (bicyclic) bond motifs is 1. The van der Waals surface area contributed by atoms with E-state index in [4.69, 9.17) is 9.47 Å². The normalized spacial score (nSPS) is 39.2. The number of carbonyl (C=O) groups is 2. The molecule has 132 valence electrons. The number of allylic oxidation sites excluding steroid dienone is 2. The fraction of sp³-hybridized carbons (Fsp3) is 0.700. The highest BCUT2D eigenvalue weighted by molar-refractivity contribution is 5.87. The number of hydrogen-bond donors (Lipinski definition) is 0. The zero-order valence-electron chi connectivity index (χ0n) is 15.3. The molecule has 1 aliphatic heterocycles. The predicted octanol–water partition coefficient (Wildman–Crippen LogP) is 4.16. The molecule has 0 amide bonds. The molecule has 24 heavy (non-hydrogen) atoms. The molecule has 0 aromatic heterocycles. The van der Waals surface area contributed by atoms with E-state index in [1.807, 2.05) is 13.8 Å². The van der Waals surface area contributed by atoms with Gasteiger partial charge in [-0.05, 0) is 56.9 Å². The highest BCUT2D eigenvalue weighted by atomic mass is 16.6. The van der Waals surface area contributed by atoms with Crippen LogP contribution in [0.15, 0.2) is 23.0 Å². The van der Waals surface area contributed by atoms with Gasteiger partial charge in [-0.1, -0.05) is 19.9 Å². The fourth-order valence-corrected chi connectivity index (χ4v) is 4.59. The lowest BCUT2D eigenvalue weighted by Gasteiger charge is -2.52. The van der Waals surface area contributed by atoms with Gasteiger partial charge in [-0.3, -0.25) is 4.79 Å². The third-order valence-electron chi connectivity index (χ3n) is 6.75. The quantitative estimate of drug-likeness (QED) is 0.563. The van der Waals surface area contributed by atoms with Gasteiger partial charge in [0.25, 0.3) is 0 Å². The molecule has 4 nitrogen and oxygen atoms in total. The summed E-state index contributed by atoms with van der Waals surface area (Å²) in [6, 6.07) is 0. The van der Waals surface area contributed by atoms with Gasteiger partial charge in [0, 0.05) is 17.9 Å². The minimum Gasteiger partial charge on any atom is -0.459 e. The molecular formula is C20H28O4. The largest absolute Gasteiger partial charge is 0.459 e. The first kappa shape index (κ1) is 17.2. The lowest BCUT2D eigenvalue weighted by Crippen LogP contribution is -2.49. The summed E-state index contributed by atoms with van der Waals surface area (Å²) in [7, 11) is 0. The summed E-state index contributed by atoms with van der Waals surface area (Å²) < 4.78 is 11.4. The maximum atomic E-state index is 12.2. The van der Waals surface area contributed by atoms with Crippen molar-refractivity contribution in [3.8, 4) is 0 Å². The fourth-order valence-electron chi connectivity index (χ4n) is 4.59. The highest BCUT2D eigenvalue weighted by Crippen LogP contribution is 2.57. The smallest absolute Gasteiger partial charge is 0.333 e. The zero-order valence-corrected chi connectivity index (χ0v) is 15.3. The average molecular weight is 332 g/mol. The predicted molar refractivity (Wildman–Crippen MR) is 90.8 cm³/mol. The van der Waals surface area contributed by atoms with Gasteiger partial charge in [-0.25, -0.2) is 4.79 Å². The summed E-state index contributed by atoms with van der Waals surface area (Å²) in [5.74, 6) is 1.11. The van der Waals surface area contributed by atoms with Crippen LogP contribution in [0.25, 0.3) is 0 Å². The van der Waals surface area contributed by atoms with Gasteiger partial charge in [0.05, 0.1) is 5.92 Å². The number of esters is 2. The molecule has 1 fully saturated rings. The van der Waals surface area contributed by atoms with Crippen molar-refractivity contribution in [1.29, 1.82) is 0 Å². The third kappa shape index (κ3) is 2.60. The van der Waals surface area contributed by atoms with Gasteiger partial charge in [-0.15, -0.1) is 0 Å². The second-order valence-corrected chi connectivity index (χ2v) is 7.98. The van der Waals surface area contributed by atoms with Crippen molar-refractivity contribution in [2.45, 2.75) is 66.4 Å². The van der Waals surface area contributed by atoms with Crippen LogP contribution in [-0.4, -0.2) is 18.0 Å². The van der Waals surface area contributed by atoms with Gasteiger partial charge in [0.2, 0.25) is 0 Å². The Morgan fingerprint density at radius 1 is 1.33 bits per heavy atom. The first-order chi connectivity index (χ1) is 11.3. The Kier molecular flexibility index (Phi) is 4.35. The molecular weight excluding hydrogens is 304 g/mol. The van der Waals surface area contributed by atoms with Gasteiger partial charge >= 0.3 is 11.9 Å². The van der Waals surface area contributed by atoms with Gasteiger partial charge in [-0.2, -0.15) is 0 Å². The van der Waals surface area contributed by atoms with E-state index in [-0.39, 0.29) is 35.3 Å². The zero-order chi connectivity index (χ0) is 17.6. The topological polar surface area (TPSA) is 52.6 Å². The summed E-state index contributed by atoms with van der Waals surface area (Å²) >= 11 is 0. The molecule has 0 saturated heterocycles. The van der Waals surface area contributed by atoms with Gasteiger partial charge in [0.1, 0.15) is 11.9 Å². The van der Waals surface area contributed by atoms with E-state index < -0.39 is 0 Å². The van der Waals surface area contributed by atoms with Crippen molar-refractivity contribution >= 4 is 11.9 Å². The molecule has 4 heteroatoms. The van der Waals surface area contributed by atoms with E-state index in [9.17, 15) is 9.59 Å². The molecule has 1 saturated carbocycles. The molecule has 0 radical (unpaired) electrons. The molecule has 0 unspecified atom stereocenters. The molecule has 3 aliphatic rings. The van der Waals surface area contributed by atoms with E-state index in [2.05, 4.69) is 13.8 Å². The van der Waals surface area contributed by atoms with Crippen molar-refractivity contribution < 1.29 is 19.1 Å². The summed E-state index contributed by atoms with van der Waals surface area (Å²) in [6.07, 6.45) is 5.20. The highest BCUT2D eigenvalue weighted by Gasteiger charge is 2.54. The van der Waals surface area contributed by atoms with Crippen LogP contribution in [0.1, 0.15) is 60.3 Å². The first-order valence-corrected chi connectivity index (χ1v) is 9.05. The van der Waals surface area contributed by atoms with Crippen molar-refractivity contribution in [3.63, 3.8) is 0 Å². The first-order valence-electron chi connectivity index (χ1n) is 9.05. The average Bonchev–Trinajstić information content (AvgIpc) is 2.82. The van der Waals surface area contributed by atoms with Crippen LogP contribution in [0.3, 0.4) is 0 Å². The second-order valence-electron chi connectivity index (χ2n) is 7.98. The minimum absolute atomic E-state index is 0.0497. The lowest BCUT2D eigenvalue weighted by atomic mass is 9.54. The minimum atomic E-state index is -0.226. The second kappa shape index (κ2) is 6.05. The Hall–Kier alpha value is -1.58. The Morgan fingerprint density at radius 2 is 2.04 bits per heavy atom. The van der Waals surface area contributed by atoms with E-state index in [1.54, 1.807) is 13.0 Å². The van der Waals surface area contributed by atoms with E-state index >= 15 is 0 Å². The molecule has 0 aromatic carbocycles. The summed E-state index contributed by atoms with van der Waals surface area (Å²) in [4.78, 5) is 24.2. The summed E-state index contributed by atoms with van der Waals surface area (Å²) in [5.41, 5.74) is 1.86. The molecule has 0 spiro atoms. The Bertz CT molecular complexity index is 630. The van der Waals surface area contributed by atoms with Crippen molar-refractivity contribution in [1.82, 2.24) is 0 Å². The van der Waals surface area contributed by atoms with Crippen LogP contribution in [0, 0.1) is 23.2 Å². The molecule has 5 atom stereocenters. The van der Waals surface area contributed by atoms with Crippen molar-refractivity contribution in [2.75, 3.05) is 0 Å². The molecule has 1 heterocycles. The summed E-state index contributed by atoms with van der Waals surface area (Å²) in [5, 5.41) is 0. The van der Waals surface area contributed by atoms with Crippen LogP contribution in [0.5, 0.6) is 0 Å².